The van der Waals surface area contributed by atoms with Gasteiger partial charge in [0.25, 0.3) is 0 Å². The van der Waals surface area contributed by atoms with Crippen LogP contribution in [0.25, 0.3) is 123 Å². The lowest BCUT2D eigenvalue weighted by molar-refractivity contribution is 0.662. The monoisotopic (exact) mass is 833 g/mol. The summed E-state index contributed by atoms with van der Waals surface area (Å²) in [6, 6.07) is 70.2. The fourth-order valence-corrected chi connectivity index (χ4v) is 10.3. The molecule has 0 amide bonds. The maximum absolute atomic E-state index is 6.57. The summed E-state index contributed by atoms with van der Waals surface area (Å²) in [5.41, 5.74) is 17.9. The molecule has 0 atom stereocenters. The Balaban J connectivity index is 0.952. The normalized spacial score (nSPS) is 12.9. The molecule has 9 aromatic carbocycles. The summed E-state index contributed by atoms with van der Waals surface area (Å²) in [5, 5.41) is 4.00. The number of rotatable bonds is 6. The highest BCUT2D eigenvalue weighted by Gasteiger charge is 2.37. The Morgan fingerprint density at radius 3 is 1.78 bits per heavy atom. The number of aromatic nitrogens is 3. The second-order valence-electron chi connectivity index (χ2n) is 17.5. The number of para-hydroxylation sites is 2. The van der Waals surface area contributed by atoms with E-state index in [-0.39, 0.29) is 5.41 Å². The Bertz CT molecular complexity index is 3860. The molecule has 1 aliphatic rings. The number of hydrogen-bond donors (Lipinski definition) is 0. The van der Waals surface area contributed by atoms with Crippen molar-refractivity contribution < 1.29 is 8.83 Å². The van der Waals surface area contributed by atoms with E-state index in [2.05, 4.69) is 166 Å². The van der Waals surface area contributed by atoms with Gasteiger partial charge in [-0.1, -0.05) is 178 Å². The van der Waals surface area contributed by atoms with Gasteiger partial charge in [0.05, 0.1) is 5.56 Å². The van der Waals surface area contributed by atoms with Gasteiger partial charge in [-0.2, -0.15) is 0 Å². The van der Waals surface area contributed by atoms with E-state index in [4.69, 9.17) is 23.8 Å². The van der Waals surface area contributed by atoms with Crippen LogP contribution >= 0.6 is 0 Å². The second kappa shape index (κ2) is 14.3. The summed E-state index contributed by atoms with van der Waals surface area (Å²) in [6.45, 7) is 4.69. The van der Waals surface area contributed by atoms with Gasteiger partial charge in [0.15, 0.2) is 17.5 Å². The molecule has 0 unspecified atom stereocenters. The third kappa shape index (κ3) is 5.89. The SMILES string of the molecule is CC1(C)c2ccccc2-c2cccc(-c3ccc(-c4ccc5oc6cccc(-c7nc(-c8cccc(-c9ccccc9)c8)nc(-c8cccc9c8oc8ccccc89)n7)c6c5c4)cc3)c21. The molecule has 306 valence electrons. The van der Waals surface area contributed by atoms with Gasteiger partial charge in [-0.25, -0.2) is 15.0 Å². The summed E-state index contributed by atoms with van der Waals surface area (Å²) < 4.78 is 13.1. The molecule has 0 fully saturated rings. The van der Waals surface area contributed by atoms with Crippen molar-refractivity contribution in [2.75, 3.05) is 0 Å². The molecule has 0 bridgehead atoms. The number of hydrogen-bond acceptors (Lipinski definition) is 5. The number of furan rings is 2. The highest BCUT2D eigenvalue weighted by molar-refractivity contribution is 6.13. The highest BCUT2D eigenvalue weighted by atomic mass is 16.3. The minimum absolute atomic E-state index is 0.0979. The Kier molecular flexibility index (Phi) is 8.18. The van der Waals surface area contributed by atoms with Crippen LogP contribution in [-0.2, 0) is 5.41 Å². The molecule has 0 radical (unpaired) electrons. The number of benzene rings is 9. The molecule has 5 nitrogen and oxygen atoms in total. The summed E-state index contributed by atoms with van der Waals surface area (Å²) in [4.78, 5) is 15.7. The molecule has 0 spiro atoms. The van der Waals surface area contributed by atoms with Crippen molar-refractivity contribution in [3.63, 3.8) is 0 Å². The molecule has 0 N–H and O–H groups in total. The van der Waals surface area contributed by atoms with Crippen molar-refractivity contribution in [3.8, 4) is 78.7 Å². The average molecular weight is 834 g/mol. The minimum atomic E-state index is -0.0979. The molecule has 0 saturated carbocycles. The van der Waals surface area contributed by atoms with Gasteiger partial charge in [0.1, 0.15) is 22.3 Å². The fourth-order valence-electron chi connectivity index (χ4n) is 10.3. The van der Waals surface area contributed by atoms with Gasteiger partial charge in [0.2, 0.25) is 0 Å². The fraction of sp³-hybridized carbons (Fsp3) is 0.0500. The lowest BCUT2D eigenvalue weighted by Gasteiger charge is -2.24. The van der Waals surface area contributed by atoms with Gasteiger partial charge in [0, 0.05) is 38.1 Å². The first-order valence-electron chi connectivity index (χ1n) is 22.1. The topological polar surface area (TPSA) is 65.0 Å². The average Bonchev–Trinajstić information content (AvgIpc) is 4.01. The van der Waals surface area contributed by atoms with E-state index < -0.39 is 0 Å². The quantitative estimate of drug-likeness (QED) is 0.167. The largest absolute Gasteiger partial charge is 0.456 e. The molecule has 3 aromatic heterocycles. The lowest BCUT2D eigenvalue weighted by Crippen LogP contribution is -2.16. The van der Waals surface area contributed by atoms with E-state index in [9.17, 15) is 0 Å². The van der Waals surface area contributed by atoms with E-state index in [1.165, 1.54) is 33.4 Å². The third-order valence-corrected chi connectivity index (χ3v) is 13.4. The van der Waals surface area contributed by atoms with Gasteiger partial charge in [-0.15, -0.1) is 0 Å². The van der Waals surface area contributed by atoms with Crippen LogP contribution in [0.5, 0.6) is 0 Å². The van der Waals surface area contributed by atoms with Crippen LogP contribution in [0.2, 0.25) is 0 Å². The van der Waals surface area contributed by atoms with Gasteiger partial charge < -0.3 is 8.83 Å². The van der Waals surface area contributed by atoms with Crippen LogP contribution < -0.4 is 0 Å². The van der Waals surface area contributed by atoms with Crippen molar-refractivity contribution in [3.05, 3.63) is 211 Å². The van der Waals surface area contributed by atoms with Crippen LogP contribution in [0, 0.1) is 0 Å². The zero-order valence-corrected chi connectivity index (χ0v) is 35.7. The van der Waals surface area contributed by atoms with Crippen LogP contribution in [0.15, 0.2) is 209 Å². The molecule has 12 aromatic rings. The molecule has 3 heterocycles. The maximum atomic E-state index is 6.57. The number of nitrogens with zero attached hydrogens (tertiary/aromatic N) is 3. The van der Waals surface area contributed by atoms with Crippen LogP contribution in [0.3, 0.4) is 0 Å². The van der Waals surface area contributed by atoms with Gasteiger partial charge in [-0.05, 0) is 92.0 Å². The van der Waals surface area contributed by atoms with Crippen molar-refractivity contribution in [1.29, 1.82) is 0 Å². The third-order valence-electron chi connectivity index (χ3n) is 13.4. The summed E-state index contributed by atoms with van der Waals surface area (Å²) >= 11 is 0. The van der Waals surface area contributed by atoms with Crippen LogP contribution in [-0.4, -0.2) is 15.0 Å². The molecule has 13 rings (SSSR count). The van der Waals surface area contributed by atoms with Crippen LogP contribution in [0.4, 0.5) is 0 Å². The van der Waals surface area contributed by atoms with E-state index in [1.807, 2.05) is 48.5 Å². The lowest BCUT2D eigenvalue weighted by atomic mass is 9.79. The van der Waals surface area contributed by atoms with E-state index in [0.717, 1.165) is 82.8 Å². The summed E-state index contributed by atoms with van der Waals surface area (Å²) in [6.07, 6.45) is 0. The Morgan fingerprint density at radius 2 is 0.892 bits per heavy atom. The first-order chi connectivity index (χ1) is 32.0. The molecule has 1 aliphatic carbocycles. The first-order valence-corrected chi connectivity index (χ1v) is 22.1. The molecule has 0 saturated heterocycles. The van der Waals surface area contributed by atoms with Crippen LogP contribution in [0.1, 0.15) is 25.0 Å². The first kappa shape index (κ1) is 37.2. The predicted molar refractivity (Wildman–Crippen MR) is 265 cm³/mol. The zero-order chi connectivity index (χ0) is 43.2. The van der Waals surface area contributed by atoms with Gasteiger partial charge >= 0.3 is 0 Å². The highest BCUT2D eigenvalue weighted by Crippen LogP contribution is 2.52. The predicted octanol–water partition coefficient (Wildman–Crippen LogP) is 16.0. The molecular formula is C60H39N3O2. The van der Waals surface area contributed by atoms with Crippen molar-refractivity contribution in [2.45, 2.75) is 19.3 Å². The second-order valence-corrected chi connectivity index (χ2v) is 17.5. The Labute approximate surface area is 375 Å². The molecule has 65 heavy (non-hydrogen) atoms. The molecule has 5 heteroatoms. The molecular weight excluding hydrogens is 795 g/mol. The Morgan fingerprint density at radius 1 is 0.338 bits per heavy atom. The number of fused-ring (bicyclic) bond motifs is 9. The van der Waals surface area contributed by atoms with Crippen molar-refractivity contribution >= 4 is 43.9 Å². The van der Waals surface area contributed by atoms with Crippen molar-refractivity contribution in [2.24, 2.45) is 0 Å². The standard InChI is InChI=1S/C60H39N3O2/c1-60(2)50-25-8-6-18-43(50)45-21-11-20-42(55(45)60)38-30-28-37(29-31-38)40-32-33-52-49(35-40)54-47(23-13-27-53(54)64-52)58-61-57(41-17-10-16-39(34-41)36-14-4-3-5-15-36)62-59(63-58)48-24-12-22-46-44-19-7-9-26-51(44)65-56(46)48/h3-35H,1-2H3. The Hall–Kier alpha value is -8.41. The van der Waals surface area contributed by atoms with Gasteiger partial charge in [-0.3, -0.25) is 0 Å². The van der Waals surface area contributed by atoms with Crippen molar-refractivity contribution in [1.82, 2.24) is 15.0 Å². The molecule has 0 aliphatic heterocycles. The smallest absolute Gasteiger partial charge is 0.167 e. The maximum Gasteiger partial charge on any atom is 0.167 e. The zero-order valence-electron chi connectivity index (χ0n) is 35.7. The van der Waals surface area contributed by atoms with E-state index >= 15 is 0 Å². The van der Waals surface area contributed by atoms with E-state index in [1.54, 1.807) is 0 Å². The minimum Gasteiger partial charge on any atom is -0.456 e. The summed E-state index contributed by atoms with van der Waals surface area (Å²) in [7, 11) is 0. The summed E-state index contributed by atoms with van der Waals surface area (Å²) in [5.74, 6) is 1.64. The van der Waals surface area contributed by atoms with E-state index in [0.29, 0.717) is 17.5 Å².